The number of piperidine rings is 1. The van der Waals surface area contributed by atoms with E-state index in [1.807, 2.05) is 6.07 Å². The number of hydrogen-bond acceptors (Lipinski definition) is 4. The highest BCUT2D eigenvalue weighted by atomic mass is 16.5. The van der Waals surface area contributed by atoms with Crippen LogP contribution < -0.4 is 10.5 Å². The van der Waals surface area contributed by atoms with Gasteiger partial charge < -0.3 is 15.6 Å². The molecule has 1 saturated heterocycles. The van der Waals surface area contributed by atoms with Crippen LogP contribution in [0.15, 0.2) is 18.2 Å². The molecule has 1 atom stereocenters. The van der Waals surface area contributed by atoms with E-state index in [0.29, 0.717) is 11.8 Å². The van der Waals surface area contributed by atoms with Crippen molar-refractivity contribution in [1.29, 1.82) is 0 Å². The predicted molar refractivity (Wildman–Crippen MR) is 71.9 cm³/mol. The molecule has 1 aromatic rings. The Kier molecular flexibility index (Phi) is 4.09. The Morgan fingerprint density at radius 3 is 2.67 bits per heavy atom. The van der Waals surface area contributed by atoms with Crippen molar-refractivity contribution >= 4 is 0 Å². The maximum absolute atomic E-state index is 9.98. The van der Waals surface area contributed by atoms with Gasteiger partial charge in [0.25, 0.3) is 0 Å². The number of rotatable bonds is 3. The van der Waals surface area contributed by atoms with Crippen molar-refractivity contribution in [2.24, 2.45) is 5.73 Å². The van der Waals surface area contributed by atoms with Crippen molar-refractivity contribution in [3.63, 3.8) is 0 Å². The summed E-state index contributed by atoms with van der Waals surface area (Å²) in [4.78, 5) is 2.36. The Labute approximate surface area is 108 Å². The lowest BCUT2D eigenvalue weighted by Gasteiger charge is -2.35. The zero-order valence-corrected chi connectivity index (χ0v) is 11.1. The van der Waals surface area contributed by atoms with Crippen molar-refractivity contribution in [3.8, 4) is 11.5 Å². The Morgan fingerprint density at radius 1 is 1.39 bits per heavy atom. The molecule has 1 unspecified atom stereocenters. The third kappa shape index (κ3) is 2.76. The highest BCUT2D eigenvalue weighted by Gasteiger charge is 2.23. The van der Waals surface area contributed by atoms with Gasteiger partial charge in [0.15, 0.2) is 0 Å². The normalized spacial score (nSPS) is 19.7. The first-order valence-electron chi connectivity index (χ1n) is 6.48. The monoisotopic (exact) mass is 250 g/mol. The van der Waals surface area contributed by atoms with E-state index in [-0.39, 0.29) is 6.04 Å². The molecule has 0 radical (unpaired) electrons. The van der Waals surface area contributed by atoms with Crippen LogP contribution in [-0.4, -0.2) is 36.2 Å². The number of hydrogen-bond donors (Lipinski definition) is 2. The van der Waals surface area contributed by atoms with Gasteiger partial charge in [0.05, 0.1) is 7.11 Å². The van der Waals surface area contributed by atoms with Crippen molar-refractivity contribution in [3.05, 3.63) is 23.8 Å². The highest BCUT2D eigenvalue weighted by molar-refractivity contribution is 5.41. The highest BCUT2D eigenvalue weighted by Crippen LogP contribution is 2.32. The average molecular weight is 250 g/mol. The standard InChI is InChI=1S/C14H22N2O2/c1-10(16-7-5-11(15)6-8-16)13-9-12(18-2)3-4-14(13)17/h3-4,9-11,17H,5-8,15H2,1-2H3. The van der Waals surface area contributed by atoms with E-state index >= 15 is 0 Å². The molecule has 1 heterocycles. The van der Waals surface area contributed by atoms with Gasteiger partial charge in [0.1, 0.15) is 11.5 Å². The lowest BCUT2D eigenvalue weighted by Crippen LogP contribution is -2.40. The minimum Gasteiger partial charge on any atom is -0.508 e. The number of ether oxygens (including phenoxy) is 1. The predicted octanol–water partition coefficient (Wildman–Crippen LogP) is 1.88. The fraction of sp³-hybridized carbons (Fsp3) is 0.571. The Bertz CT molecular complexity index is 401. The van der Waals surface area contributed by atoms with Gasteiger partial charge in [-0.15, -0.1) is 0 Å². The molecule has 18 heavy (non-hydrogen) atoms. The molecule has 100 valence electrons. The van der Waals surface area contributed by atoms with Crippen LogP contribution in [0.4, 0.5) is 0 Å². The summed E-state index contributed by atoms with van der Waals surface area (Å²) in [6, 6.07) is 5.90. The summed E-state index contributed by atoms with van der Waals surface area (Å²) in [6.45, 7) is 4.09. The Hall–Kier alpha value is -1.26. The molecule has 1 aliphatic rings. The fourth-order valence-corrected chi connectivity index (χ4v) is 2.50. The first-order valence-corrected chi connectivity index (χ1v) is 6.48. The smallest absolute Gasteiger partial charge is 0.120 e. The number of nitrogens with two attached hydrogens (primary N) is 1. The van der Waals surface area contributed by atoms with Crippen LogP contribution in [-0.2, 0) is 0 Å². The van der Waals surface area contributed by atoms with Crippen LogP contribution in [0.5, 0.6) is 11.5 Å². The molecule has 2 rings (SSSR count). The average Bonchev–Trinajstić information content (AvgIpc) is 2.39. The first kappa shape index (κ1) is 13.2. The van der Waals surface area contributed by atoms with E-state index in [1.54, 1.807) is 19.2 Å². The quantitative estimate of drug-likeness (QED) is 0.860. The Morgan fingerprint density at radius 2 is 2.06 bits per heavy atom. The van der Waals surface area contributed by atoms with E-state index in [4.69, 9.17) is 10.5 Å². The summed E-state index contributed by atoms with van der Waals surface area (Å²) >= 11 is 0. The maximum Gasteiger partial charge on any atom is 0.120 e. The fourth-order valence-electron chi connectivity index (χ4n) is 2.50. The van der Waals surface area contributed by atoms with E-state index in [2.05, 4.69) is 11.8 Å². The Balaban J connectivity index is 2.14. The number of phenols is 1. The summed E-state index contributed by atoms with van der Waals surface area (Å²) in [5, 5.41) is 9.98. The van der Waals surface area contributed by atoms with Crippen molar-refractivity contribution in [2.75, 3.05) is 20.2 Å². The number of likely N-dealkylation sites (tertiary alicyclic amines) is 1. The van der Waals surface area contributed by atoms with Gasteiger partial charge in [-0.05, 0) is 38.0 Å². The number of nitrogens with zero attached hydrogens (tertiary/aromatic N) is 1. The van der Waals surface area contributed by atoms with Gasteiger partial charge in [-0.2, -0.15) is 0 Å². The molecule has 0 saturated carbocycles. The van der Waals surface area contributed by atoms with Crippen molar-refractivity contribution in [1.82, 2.24) is 4.90 Å². The molecular weight excluding hydrogens is 228 g/mol. The second-order valence-corrected chi connectivity index (χ2v) is 4.97. The molecule has 1 aromatic carbocycles. The molecule has 0 spiro atoms. The molecule has 3 N–H and O–H groups in total. The van der Waals surface area contributed by atoms with Crippen molar-refractivity contribution in [2.45, 2.75) is 31.8 Å². The molecule has 0 bridgehead atoms. The van der Waals surface area contributed by atoms with Gasteiger partial charge in [0.2, 0.25) is 0 Å². The summed E-state index contributed by atoms with van der Waals surface area (Å²) in [6.07, 6.45) is 2.05. The van der Waals surface area contributed by atoms with Crippen LogP contribution in [0.2, 0.25) is 0 Å². The van der Waals surface area contributed by atoms with Gasteiger partial charge in [-0.3, -0.25) is 4.90 Å². The second kappa shape index (κ2) is 5.59. The van der Waals surface area contributed by atoms with E-state index in [9.17, 15) is 5.11 Å². The topological polar surface area (TPSA) is 58.7 Å². The van der Waals surface area contributed by atoms with Gasteiger partial charge >= 0.3 is 0 Å². The summed E-state index contributed by atoms with van der Waals surface area (Å²) in [7, 11) is 1.64. The third-order valence-corrected chi connectivity index (χ3v) is 3.81. The molecule has 4 heteroatoms. The minimum absolute atomic E-state index is 0.188. The first-order chi connectivity index (χ1) is 8.61. The zero-order chi connectivity index (χ0) is 13.1. The molecule has 4 nitrogen and oxygen atoms in total. The van der Waals surface area contributed by atoms with Crippen molar-refractivity contribution < 1.29 is 9.84 Å². The molecule has 1 fully saturated rings. The van der Waals surface area contributed by atoms with E-state index in [1.165, 1.54) is 0 Å². The van der Waals surface area contributed by atoms with E-state index in [0.717, 1.165) is 37.2 Å². The lowest BCUT2D eigenvalue weighted by atomic mass is 10.00. The summed E-state index contributed by atoms with van der Waals surface area (Å²) < 4.78 is 5.21. The van der Waals surface area contributed by atoms with Crippen LogP contribution in [0.3, 0.4) is 0 Å². The second-order valence-electron chi connectivity index (χ2n) is 4.97. The zero-order valence-electron chi connectivity index (χ0n) is 11.1. The largest absolute Gasteiger partial charge is 0.508 e. The van der Waals surface area contributed by atoms with Crippen LogP contribution in [0, 0.1) is 0 Å². The van der Waals surface area contributed by atoms with Gasteiger partial charge in [-0.1, -0.05) is 0 Å². The number of aromatic hydroxyl groups is 1. The summed E-state index contributed by atoms with van der Waals surface area (Å²) in [5.74, 6) is 1.11. The molecule has 0 aliphatic carbocycles. The molecule has 0 amide bonds. The molecular formula is C14H22N2O2. The van der Waals surface area contributed by atoms with E-state index < -0.39 is 0 Å². The number of phenolic OH excluding ortho intramolecular Hbond substituents is 1. The molecule has 0 aromatic heterocycles. The van der Waals surface area contributed by atoms with Crippen LogP contribution in [0.25, 0.3) is 0 Å². The van der Waals surface area contributed by atoms with Crippen LogP contribution >= 0.6 is 0 Å². The van der Waals surface area contributed by atoms with Gasteiger partial charge in [0, 0.05) is 30.7 Å². The lowest BCUT2D eigenvalue weighted by molar-refractivity contribution is 0.161. The number of benzene rings is 1. The maximum atomic E-state index is 9.98. The van der Waals surface area contributed by atoms with Crippen LogP contribution in [0.1, 0.15) is 31.4 Å². The minimum atomic E-state index is 0.188. The third-order valence-electron chi connectivity index (χ3n) is 3.81. The number of methoxy groups -OCH3 is 1. The van der Waals surface area contributed by atoms with Gasteiger partial charge in [-0.25, -0.2) is 0 Å². The summed E-state index contributed by atoms with van der Waals surface area (Å²) in [5.41, 5.74) is 6.84. The SMILES string of the molecule is COc1ccc(O)c(C(C)N2CCC(N)CC2)c1. The molecule has 1 aliphatic heterocycles.